The average molecular weight is 255 g/mol. The van der Waals surface area contributed by atoms with E-state index in [2.05, 4.69) is 48.1 Å². The number of nitrogens with zero attached hydrogens (tertiary/aromatic N) is 2. The molecular formula is C16H21N3. The third-order valence-corrected chi connectivity index (χ3v) is 3.47. The van der Waals surface area contributed by atoms with Gasteiger partial charge in [-0.05, 0) is 30.9 Å². The number of aromatic nitrogens is 2. The third kappa shape index (κ3) is 3.18. The minimum absolute atomic E-state index is 0.140. The molecule has 0 saturated heterocycles. The number of rotatable bonds is 4. The fraction of sp³-hybridized carbons (Fsp3) is 0.375. The van der Waals surface area contributed by atoms with Gasteiger partial charge in [0.25, 0.3) is 0 Å². The summed E-state index contributed by atoms with van der Waals surface area (Å²) >= 11 is 0. The number of hydrogen-bond acceptors (Lipinski definition) is 3. The summed E-state index contributed by atoms with van der Waals surface area (Å²) in [6.45, 7) is 6.34. The second kappa shape index (κ2) is 5.93. The zero-order valence-corrected chi connectivity index (χ0v) is 11.8. The lowest BCUT2D eigenvalue weighted by atomic mass is 9.97. The zero-order chi connectivity index (χ0) is 13.8. The minimum atomic E-state index is -0.140. The summed E-state index contributed by atoms with van der Waals surface area (Å²) in [6, 6.07) is 10.4. The van der Waals surface area contributed by atoms with Crippen molar-refractivity contribution in [1.29, 1.82) is 0 Å². The van der Waals surface area contributed by atoms with Crippen LogP contribution in [-0.2, 0) is 0 Å². The highest BCUT2D eigenvalue weighted by Gasteiger charge is 2.07. The average Bonchev–Trinajstić information content (AvgIpc) is 2.46. The smallest absolute Gasteiger partial charge is 0.145 e. The minimum Gasteiger partial charge on any atom is -0.322 e. The largest absolute Gasteiger partial charge is 0.322 e. The van der Waals surface area contributed by atoms with Gasteiger partial charge in [-0.25, -0.2) is 9.97 Å². The van der Waals surface area contributed by atoms with Crippen molar-refractivity contribution in [3.05, 3.63) is 47.9 Å². The van der Waals surface area contributed by atoms with Crippen LogP contribution >= 0.6 is 0 Å². The van der Waals surface area contributed by atoms with Gasteiger partial charge in [0.05, 0.1) is 11.7 Å². The molecule has 19 heavy (non-hydrogen) atoms. The van der Waals surface area contributed by atoms with Gasteiger partial charge in [0.2, 0.25) is 0 Å². The Morgan fingerprint density at radius 1 is 1.11 bits per heavy atom. The molecular weight excluding hydrogens is 234 g/mol. The van der Waals surface area contributed by atoms with Crippen molar-refractivity contribution >= 4 is 0 Å². The zero-order valence-electron chi connectivity index (χ0n) is 11.8. The first-order valence-electron chi connectivity index (χ1n) is 6.80. The molecule has 0 saturated carbocycles. The van der Waals surface area contributed by atoms with Gasteiger partial charge in [-0.15, -0.1) is 0 Å². The molecule has 0 aliphatic rings. The normalized spacial score (nSPS) is 14.1. The van der Waals surface area contributed by atoms with Crippen LogP contribution in [0.15, 0.2) is 36.5 Å². The molecule has 2 aromatic rings. The SMILES string of the molecule is CCC(C)c1ccc(-c2ccnc(C(C)N)n2)cc1. The second-order valence-electron chi connectivity index (χ2n) is 5.02. The van der Waals surface area contributed by atoms with Crippen molar-refractivity contribution in [1.82, 2.24) is 9.97 Å². The molecule has 2 rings (SSSR count). The van der Waals surface area contributed by atoms with Crippen LogP contribution in [0.4, 0.5) is 0 Å². The summed E-state index contributed by atoms with van der Waals surface area (Å²) in [6.07, 6.45) is 2.92. The van der Waals surface area contributed by atoms with Crippen molar-refractivity contribution in [3.8, 4) is 11.3 Å². The highest BCUT2D eigenvalue weighted by Crippen LogP contribution is 2.23. The van der Waals surface area contributed by atoms with E-state index in [0.717, 1.165) is 17.7 Å². The standard InChI is InChI=1S/C16H21N3/c1-4-11(2)13-5-7-14(8-6-13)15-9-10-18-16(19-15)12(3)17/h5-12H,4,17H2,1-3H3. The molecule has 1 heterocycles. The fourth-order valence-electron chi connectivity index (χ4n) is 1.97. The van der Waals surface area contributed by atoms with E-state index in [1.807, 2.05) is 13.0 Å². The van der Waals surface area contributed by atoms with Gasteiger partial charge in [0.1, 0.15) is 5.82 Å². The maximum absolute atomic E-state index is 5.82. The molecule has 3 heteroatoms. The maximum atomic E-state index is 5.82. The molecule has 0 amide bonds. The van der Waals surface area contributed by atoms with E-state index in [1.165, 1.54) is 5.56 Å². The van der Waals surface area contributed by atoms with E-state index >= 15 is 0 Å². The molecule has 0 radical (unpaired) electrons. The predicted octanol–water partition coefficient (Wildman–Crippen LogP) is 3.68. The third-order valence-electron chi connectivity index (χ3n) is 3.47. The lowest BCUT2D eigenvalue weighted by Gasteiger charge is -2.10. The topological polar surface area (TPSA) is 51.8 Å². The Labute approximate surface area is 114 Å². The summed E-state index contributed by atoms with van der Waals surface area (Å²) in [5.74, 6) is 1.28. The van der Waals surface area contributed by atoms with Crippen LogP contribution in [0.1, 0.15) is 50.5 Å². The van der Waals surface area contributed by atoms with Gasteiger partial charge in [0, 0.05) is 11.8 Å². The van der Waals surface area contributed by atoms with Crippen molar-refractivity contribution in [2.45, 2.75) is 39.2 Å². The van der Waals surface area contributed by atoms with Crippen molar-refractivity contribution in [3.63, 3.8) is 0 Å². The van der Waals surface area contributed by atoms with Gasteiger partial charge in [-0.2, -0.15) is 0 Å². The summed E-state index contributed by atoms with van der Waals surface area (Å²) in [5.41, 5.74) is 9.22. The summed E-state index contributed by atoms with van der Waals surface area (Å²) < 4.78 is 0. The van der Waals surface area contributed by atoms with Crippen LogP contribution in [-0.4, -0.2) is 9.97 Å². The highest BCUT2D eigenvalue weighted by molar-refractivity contribution is 5.59. The van der Waals surface area contributed by atoms with Crippen LogP contribution in [0.5, 0.6) is 0 Å². The molecule has 0 bridgehead atoms. The van der Waals surface area contributed by atoms with E-state index in [0.29, 0.717) is 11.7 Å². The molecule has 2 N–H and O–H groups in total. The van der Waals surface area contributed by atoms with Gasteiger partial charge in [0.15, 0.2) is 0 Å². The van der Waals surface area contributed by atoms with Crippen LogP contribution in [0.25, 0.3) is 11.3 Å². The lowest BCUT2D eigenvalue weighted by molar-refractivity contribution is 0.733. The molecule has 0 spiro atoms. The molecule has 100 valence electrons. The first kappa shape index (κ1) is 13.7. The lowest BCUT2D eigenvalue weighted by Crippen LogP contribution is -2.09. The molecule has 0 fully saturated rings. The van der Waals surface area contributed by atoms with Crippen LogP contribution in [0.2, 0.25) is 0 Å². The molecule has 2 unspecified atom stereocenters. The molecule has 1 aromatic heterocycles. The second-order valence-corrected chi connectivity index (χ2v) is 5.02. The van der Waals surface area contributed by atoms with Gasteiger partial charge >= 0.3 is 0 Å². The highest BCUT2D eigenvalue weighted by atomic mass is 14.9. The van der Waals surface area contributed by atoms with Gasteiger partial charge in [-0.3, -0.25) is 0 Å². The number of nitrogens with two attached hydrogens (primary N) is 1. The number of hydrogen-bond donors (Lipinski definition) is 1. The van der Waals surface area contributed by atoms with Gasteiger partial charge in [-0.1, -0.05) is 38.1 Å². The van der Waals surface area contributed by atoms with Crippen LogP contribution in [0, 0.1) is 0 Å². The van der Waals surface area contributed by atoms with Crippen molar-refractivity contribution in [2.75, 3.05) is 0 Å². The van der Waals surface area contributed by atoms with Gasteiger partial charge < -0.3 is 5.73 Å². The Hall–Kier alpha value is -1.74. The Balaban J connectivity index is 2.29. The fourth-order valence-corrected chi connectivity index (χ4v) is 1.97. The number of benzene rings is 1. The van der Waals surface area contributed by atoms with Crippen LogP contribution in [0.3, 0.4) is 0 Å². The summed E-state index contributed by atoms with van der Waals surface area (Å²) in [5, 5.41) is 0. The first-order chi connectivity index (χ1) is 9.11. The molecule has 0 aliphatic carbocycles. The summed E-state index contributed by atoms with van der Waals surface area (Å²) in [7, 11) is 0. The van der Waals surface area contributed by atoms with Crippen molar-refractivity contribution in [2.24, 2.45) is 5.73 Å². The summed E-state index contributed by atoms with van der Waals surface area (Å²) in [4.78, 5) is 8.69. The van der Waals surface area contributed by atoms with E-state index in [-0.39, 0.29) is 6.04 Å². The van der Waals surface area contributed by atoms with E-state index in [9.17, 15) is 0 Å². The molecule has 3 nitrogen and oxygen atoms in total. The molecule has 1 aromatic carbocycles. The predicted molar refractivity (Wildman–Crippen MR) is 78.8 cm³/mol. The Morgan fingerprint density at radius 2 is 1.79 bits per heavy atom. The Kier molecular flexibility index (Phi) is 4.27. The Bertz CT molecular complexity index is 532. The quantitative estimate of drug-likeness (QED) is 0.906. The van der Waals surface area contributed by atoms with E-state index < -0.39 is 0 Å². The Morgan fingerprint density at radius 3 is 2.37 bits per heavy atom. The first-order valence-corrected chi connectivity index (χ1v) is 6.80. The monoisotopic (exact) mass is 255 g/mol. The van der Waals surface area contributed by atoms with Crippen molar-refractivity contribution < 1.29 is 0 Å². The maximum Gasteiger partial charge on any atom is 0.145 e. The molecule has 0 aliphatic heterocycles. The molecule has 2 atom stereocenters. The van der Waals surface area contributed by atoms with Crippen LogP contribution < -0.4 is 5.73 Å². The van der Waals surface area contributed by atoms with E-state index in [1.54, 1.807) is 6.20 Å². The van der Waals surface area contributed by atoms with E-state index in [4.69, 9.17) is 5.73 Å².